The second-order valence-corrected chi connectivity index (χ2v) is 5.51. The molecule has 0 saturated carbocycles. The van der Waals surface area contributed by atoms with Crippen LogP contribution in [0.15, 0.2) is 0 Å². The summed E-state index contributed by atoms with van der Waals surface area (Å²) < 4.78 is 101. The molecule has 0 unspecified atom stereocenters. The third-order valence-corrected chi connectivity index (χ3v) is 2.69. The molecule has 0 amide bonds. The highest BCUT2D eigenvalue weighted by atomic mass is 35.7. The normalized spacial score (nSPS) is 15.3. The highest BCUT2D eigenvalue weighted by molar-refractivity contribution is 8.14. The molecule has 0 aliphatic carbocycles. The molecule has 0 bridgehead atoms. The van der Waals surface area contributed by atoms with Gasteiger partial charge < -0.3 is 0 Å². The fraction of sp³-hybridized carbons (Fsp3) is 1.00. The molecule has 92 valence electrons. The molecule has 0 rings (SSSR count). The van der Waals surface area contributed by atoms with Crippen LogP contribution in [0.3, 0.4) is 0 Å². The smallest absolute Gasteiger partial charge is 0.205 e. The van der Waals surface area contributed by atoms with Crippen molar-refractivity contribution in [2.24, 2.45) is 0 Å². The first-order valence-electron chi connectivity index (χ1n) is 2.56. The Labute approximate surface area is 84.6 Å². The lowest BCUT2D eigenvalue weighted by Gasteiger charge is -2.20. The first-order chi connectivity index (χ1) is 6.21. The van der Waals surface area contributed by atoms with Gasteiger partial charge in [-0.15, -0.1) is 0 Å². The molecule has 0 fully saturated rings. The van der Waals surface area contributed by atoms with Crippen LogP contribution in [0.25, 0.3) is 0 Å². The van der Waals surface area contributed by atoms with Crippen molar-refractivity contribution in [3.63, 3.8) is 0 Å². The average molecular weight is 299 g/mol. The zero-order chi connectivity index (χ0) is 12.7. The van der Waals surface area contributed by atoms with Crippen molar-refractivity contribution in [1.82, 2.24) is 0 Å². The second kappa shape index (κ2) is 3.68. The van der Waals surface area contributed by atoms with E-state index in [0.29, 0.717) is 0 Å². The molecule has 0 spiro atoms. The number of alkyl halides is 4. The molecule has 0 aromatic rings. The zero-order valence-corrected chi connectivity index (χ0v) is 8.51. The summed E-state index contributed by atoms with van der Waals surface area (Å²) in [7, 11) is -8.79. The summed E-state index contributed by atoms with van der Waals surface area (Å²) in [6.45, 7) is 0. The summed E-state index contributed by atoms with van der Waals surface area (Å²) in [5, 5.41) is -6.10. The van der Waals surface area contributed by atoms with Crippen LogP contribution >= 0.6 is 10.7 Å². The number of rotatable bonds is 4. The predicted molar refractivity (Wildman–Crippen MR) is 35.8 cm³/mol. The van der Waals surface area contributed by atoms with E-state index in [1.165, 1.54) is 0 Å². The molecule has 13 heteroatoms. The zero-order valence-electron chi connectivity index (χ0n) is 6.13. The standard InChI is InChI=1S/C2ClF5O5S2/c3-14(9,10)2(6,7)1(4,5)13-15(8,11)12. The molecule has 0 aromatic heterocycles. The first-order valence-corrected chi connectivity index (χ1v) is 6.17. The molecule has 0 atom stereocenters. The molecule has 0 N–H and O–H groups in total. The number of hydrogen-bond acceptors (Lipinski definition) is 5. The van der Waals surface area contributed by atoms with E-state index in [-0.39, 0.29) is 0 Å². The number of halogens is 6. The SMILES string of the molecule is O=S(=O)(F)OC(F)(F)C(F)(F)S(=O)(=O)Cl. The molecule has 0 radical (unpaired) electrons. The quantitative estimate of drug-likeness (QED) is 0.571. The maximum Gasteiger partial charge on any atom is 0.452 e. The minimum Gasteiger partial charge on any atom is -0.205 e. The van der Waals surface area contributed by atoms with Gasteiger partial charge in [0.05, 0.1) is 0 Å². The van der Waals surface area contributed by atoms with Gasteiger partial charge in [0.2, 0.25) is 0 Å². The van der Waals surface area contributed by atoms with E-state index in [0.717, 1.165) is 0 Å². The Bertz CT molecular complexity index is 438. The van der Waals surface area contributed by atoms with Crippen molar-refractivity contribution in [2.75, 3.05) is 0 Å². The van der Waals surface area contributed by atoms with Crippen LogP contribution in [-0.2, 0) is 23.7 Å². The van der Waals surface area contributed by atoms with Crippen molar-refractivity contribution in [3.8, 4) is 0 Å². The van der Waals surface area contributed by atoms with Crippen LogP contribution in [0.2, 0.25) is 0 Å². The maximum atomic E-state index is 12.2. The Hall–Kier alpha value is -0.200. The van der Waals surface area contributed by atoms with Crippen LogP contribution in [-0.4, -0.2) is 28.2 Å². The maximum absolute atomic E-state index is 12.2. The van der Waals surface area contributed by atoms with Crippen molar-refractivity contribution >= 4 is 30.2 Å². The van der Waals surface area contributed by atoms with Crippen molar-refractivity contribution < 1.29 is 42.5 Å². The molecule has 0 aromatic carbocycles. The van der Waals surface area contributed by atoms with Gasteiger partial charge >= 0.3 is 30.9 Å². The number of hydrogen-bond donors (Lipinski definition) is 0. The van der Waals surface area contributed by atoms with Crippen LogP contribution in [0, 0.1) is 0 Å². The average Bonchev–Trinajstić information content (AvgIpc) is 1.77. The van der Waals surface area contributed by atoms with E-state index in [9.17, 15) is 38.3 Å². The van der Waals surface area contributed by atoms with Crippen molar-refractivity contribution in [3.05, 3.63) is 0 Å². The third kappa shape index (κ3) is 3.39. The minimum atomic E-state index is -6.48. The molecular weight excluding hydrogens is 299 g/mol. The Kier molecular flexibility index (Phi) is 3.63. The van der Waals surface area contributed by atoms with Gasteiger partial charge in [0.25, 0.3) is 0 Å². The molecule has 0 heterocycles. The van der Waals surface area contributed by atoms with E-state index in [1.54, 1.807) is 0 Å². The van der Waals surface area contributed by atoms with Crippen molar-refractivity contribution in [1.29, 1.82) is 0 Å². The molecule has 0 saturated heterocycles. The Morgan fingerprint density at radius 1 is 1.00 bits per heavy atom. The lowest BCUT2D eigenvalue weighted by Crippen LogP contribution is -2.47. The van der Waals surface area contributed by atoms with Gasteiger partial charge in [-0.3, -0.25) is 0 Å². The van der Waals surface area contributed by atoms with Gasteiger partial charge in [-0.1, -0.05) is 3.89 Å². The summed E-state index contributed by atoms with van der Waals surface area (Å²) in [6.07, 6.45) is -6.15. The second-order valence-electron chi connectivity index (χ2n) is 1.95. The summed E-state index contributed by atoms with van der Waals surface area (Å²) in [4.78, 5) is 0. The van der Waals surface area contributed by atoms with Gasteiger partial charge in [0.1, 0.15) is 0 Å². The van der Waals surface area contributed by atoms with Crippen LogP contribution in [0.4, 0.5) is 21.4 Å². The van der Waals surface area contributed by atoms with Crippen LogP contribution in [0.5, 0.6) is 0 Å². The molecule has 0 aliphatic rings. The van der Waals surface area contributed by atoms with Crippen molar-refractivity contribution in [2.45, 2.75) is 11.4 Å². The fourth-order valence-corrected chi connectivity index (χ4v) is 1.32. The summed E-state index contributed by atoms with van der Waals surface area (Å²) in [6, 6.07) is 0. The third-order valence-electron chi connectivity index (χ3n) is 0.849. The van der Waals surface area contributed by atoms with Gasteiger partial charge in [0.15, 0.2) is 0 Å². The lowest BCUT2D eigenvalue weighted by molar-refractivity contribution is -0.271. The predicted octanol–water partition coefficient (Wildman–Crippen LogP) is 0.972. The van der Waals surface area contributed by atoms with E-state index >= 15 is 0 Å². The minimum absolute atomic E-state index is 1.98. The van der Waals surface area contributed by atoms with Gasteiger partial charge in [-0.25, -0.2) is 8.42 Å². The Morgan fingerprint density at radius 2 is 1.33 bits per heavy atom. The molecule has 0 aliphatic heterocycles. The fourth-order valence-electron chi connectivity index (χ4n) is 0.315. The highest BCUT2D eigenvalue weighted by Gasteiger charge is 2.69. The highest BCUT2D eigenvalue weighted by Crippen LogP contribution is 2.42. The monoisotopic (exact) mass is 298 g/mol. The molecule has 5 nitrogen and oxygen atoms in total. The lowest BCUT2D eigenvalue weighted by atomic mass is 10.7. The van der Waals surface area contributed by atoms with Crippen LogP contribution in [0.1, 0.15) is 0 Å². The molecule has 15 heavy (non-hydrogen) atoms. The Morgan fingerprint density at radius 3 is 1.53 bits per heavy atom. The summed E-state index contributed by atoms with van der Waals surface area (Å²) >= 11 is 0. The van der Waals surface area contributed by atoms with E-state index in [2.05, 4.69) is 10.7 Å². The van der Waals surface area contributed by atoms with Crippen LogP contribution < -0.4 is 0 Å². The summed E-state index contributed by atoms with van der Waals surface area (Å²) in [5.41, 5.74) is 0. The summed E-state index contributed by atoms with van der Waals surface area (Å²) in [5.74, 6) is 0. The molecular formula is C2ClF5O5S2. The Balaban J connectivity index is 5.40. The van der Waals surface area contributed by atoms with E-state index in [1.807, 2.05) is 4.18 Å². The van der Waals surface area contributed by atoms with Gasteiger partial charge in [-0.05, 0) is 0 Å². The van der Waals surface area contributed by atoms with Gasteiger partial charge in [0, 0.05) is 10.7 Å². The first kappa shape index (κ1) is 14.8. The van der Waals surface area contributed by atoms with E-state index < -0.39 is 30.9 Å². The van der Waals surface area contributed by atoms with Gasteiger partial charge in [-0.2, -0.15) is 30.2 Å². The topological polar surface area (TPSA) is 77.5 Å². The largest absolute Gasteiger partial charge is 0.452 e. The van der Waals surface area contributed by atoms with E-state index in [4.69, 9.17) is 0 Å².